The van der Waals surface area contributed by atoms with E-state index < -0.39 is 0 Å². The van der Waals surface area contributed by atoms with Crippen LogP contribution in [0.5, 0.6) is 0 Å². The van der Waals surface area contributed by atoms with Crippen molar-refractivity contribution in [2.45, 2.75) is 13.8 Å². The first-order chi connectivity index (χ1) is 7.08. The highest BCUT2D eigenvalue weighted by atomic mass is 79.9. The summed E-state index contributed by atoms with van der Waals surface area (Å²) < 4.78 is 5.89. The van der Waals surface area contributed by atoms with Crippen molar-refractivity contribution in [1.29, 1.82) is 0 Å². The molecule has 0 amide bonds. The first kappa shape index (κ1) is 10.2. The molecule has 0 aliphatic heterocycles. The van der Waals surface area contributed by atoms with Crippen molar-refractivity contribution in [3.05, 3.63) is 33.8 Å². The van der Waals surface area contributed by atoms with E-state index in [1.807, 2.05) is 19.9 Å². The molecule has 2 aromatic rings. The van der Waals surface area contributed by atoms with Crippen molar-refractivity contribution in [2.75, 3.05) is 5.73 Å². The van der Waals surface area contributed by atoms with Crippen molar-refractivity contribution in [3.8, 4) is 11.3 Å². The standard InChI is InChI=1S/C11H11BrN2O/c1-6-3-7(2)11(12)8(4-6)9-5-10(13)15-14-9/h3-5H,13H2,1-2H3. The SMILES string of the molecule is Cc1cc(C)c(Br)c(-c2cc(N)on2)c1. The van der Waals surface area contributed by atoms with Gasteiger partial charge in [-0.15, -0.1) is 0 Å². The lowest BCUT2D eigenvalue weighted by Gasteiger charge is -2.05. The molecule has 0 saturated carbocycles. The van der Waals surface area contributed by atoms with Crippen LogP contribution in [0.3, 0.4) is 0 Å². The Bertz CT molecular complexity index is 505. The van der Waals surface area contributed by atoms with Gasteiger partial charge in [-0.05, 0) is 41.4 Å². The van der Waals surface area contributed by atoms with E-state index in [1.54, 1.807) is 6.07 Å². The molecule has 0 fully saturated rings. The molecule has 1 aromatic carbocycles. The van der Waals surface area contributed by atoms with Gasteiger partial charge in [-0.3, -0.25) is 0 Å². The second-order valence-electron chi connectivity index (χ2n) is 3.56. The minimum atomic E-state index is 0.330. The lowest BCUT2D eigenvalue weighted by Crippen LogP contribution is -1.86. The number of hydrogen-bond acceptors (Lipinski definition) is 3. The van der Waals surface area contributed by atoms with Gasteiger partial charge in [0.2, 0.25) is 5.88 Å². The topological polar surface area (TPSA) is 52.0 Å². The van der Waals surface area contributed by atoms with Crippen LogP contribution in [0.4, 0.5) is 5.88 Å². The summed E-state index contributed by atoms with van der Waals surface area (Å²) in [4.78, 5) is 0. The summed E-state index contributed by atoms with van der Waals surface area (Å²) in [6, 6.07) is 5.88. The number of nitrogen functional groups attached to an aromatic ring is 1. The number of anilines is 1. The number of nitrogens with two attached hydrogens (primary N) is 1. The van der Waals surface area contributed by atoms with Gasteiger partial charge in [0, 0.05) is 16.1 Å². The molecular weight excluding hydrogens is 256 g/mol. The highest BCUT2D eigenvalue weighted by Crippen LogP contribution is 2.32. The molecule has 0 saturated heterocycles. The van der Waals surface area contributed by atoms with Gasteiger partial charge in [-0.2, -0.15) is 0 Å². The fraction of sp³-hybridized carbons (Fsp3) is 0.182. The minimum Gasteiger partial charge on any atom is -0.368 e. The molecule has 15 heavy (non-hydrogen) atoms. The van der Waals surface area contributed by atoms with Gasteiger partial charge >= 0.3 is 0 Å². The van der Waals surface area contributed by atoms with Crippen LogP contribution in [0, 0.1) is 13.8 Å². The van der Waals surface area contributed by atoms with E-state index in [1.165, 1.54) is 11.1 Å². The van der Waals surface area contributed by atoms with Crippen molar-refractivity contribution >= 4 is 21.8 Å². The summed E-state index contributed by atoms with van der Waals surface area (Å²) >= 11 is 3.54. The summed E-state index contributed by atoms with van der Waals surface area (Å²) in [6.07, 6.45) is 0. The molecule has 3 nitrogen and oxygen atoms in total. The van der Waals surface area contributed by atoms with Crippen LogP contribution in [0.25, 0.3) is 11.3 Å². The fourth-order valence-electron chi connectivity index (χ4n) is 1.55. The number of halogens is 1. The summed E-state index contributed by atoms with van der Waals surface area (Å²) in [6.45, 7) is 4.09. The second-order valence-corrected chi connectivity index (χ2v) is 4.35. The zero-order valence-corrected chi connectivity index (χ0v) is 10.1. The number of rotatable bonds is 1. The van der Waals surface area contributed by atoms with E-state index in [0.29, 0.717) is 5.88 Å². The van der Waals surface area contributed by atoms with Crippen LogP contribution in [-0.4, -0.2) is 5.16 Å². The highest BCUT2D eigenvalue weighted by Gasteiger charge is 2.10. The predicted octanol–water partition coefficient (Wildman–Crippen LogP) is 3.30. The average Bonchev–Trinajstić information content (AvgIpc) is 2.58. The first-order valence-corrected chi connectivity index (χ1v) is 5.36. The first-order valence-electron chi connectivity index (χ1n) is 4.57. The Kier molecular flexibility index (Phi) is 2.52. The third kappa shape index (κ3) is 1.90. The molecule has 0 aliphatic carbocycles. The van der Waals surface area contributed by atoms with E-state index in [2.05, 4.69) is 27.2 Å². The third-order valence-electron chi connectivity index (χ3n) is 2.20. The quantitative estimate of drug-likeness (QED) is 0.862. The van der Waals surface area contributed by atoms with Gasteiger partial charge in [0.05, 0.1) is 0 Å². The molecule has 1 aromatic heterocycles. The Labute approximate surface area is 96.4 Å². The minimum absolute atomic E-state index is 0.330. The van der Waals surface area contributed by atoms with Gasteiger partial charge < -0.3 is 10.3 Å². The van der Waals surface area contributed by atoms with Crippen molar-refractivity contribution in [3.63, 3.8) is 0 Å². The molecule has 0 spiro atoms. The van der Waals surface area contributed by atoms with Crippen molar-refractivity contribution in [1.82, 2.24) is 5.16 Å². The Morgan fingerprint density at radius 2 is 2.00 bits per heavy atom. The number of hydrogen-bond donors (Lipinski definition) is 1. The van der Waals surface area contributed by atoms with Gasteiger partial charge in [0.25, 0.3) is 0 Å². The maximum absolute atomic E-state index is 5.50. The van der Waals surface area contributed by atoms with Gasteiger partial charge in [0.1, 0.15) is 5.69 Å². The second kappa shape index (κ2) is 3.70. The average molecular weight is 267 g/mol. The Balaban J connectivity index is 2.62. The molecule has 0 atom stereocenters. The van der Waals surface area contributed by atoms with Crippen LogP contribution in [0.1, 0.15) is 11.1 Å². The molecule has 4 heteroatoms. The van der Waals surface area contributed by atoms with Crippen LogP contribution < -0.4 is 5.73 Å². The van der Waals surface area contributed by atoms with Crippen molar-refractivity contribution < 1.29 is 4.52 Å². The molecular formula is C11H11BrN2O. The smallest absolute Gasteiger partial charge is 0.222 e. The van der Waals surface area contributed by atoms with Crippen LogP contribution in [0.15, 0.2) is 27.2 Å². The molecule has 0 aliphatic rings. The zero-order valence-electron chi connectivity index (χ0n) is 8.54. The Morgan fingerprint density at radius 1 is 1.27 bits per heavy atom. The predicted molar refractivity (Wildman–Crippen MR) is 63.5 cm³/mol. The lowest BCUT2D eigenvalue weighted by atomic mass is 10.1. The van der Waals surface area contributed by atoms with Crippen LogP contribution in [0.2, 0.25) is 0 Å². The largest absolute Gasteiger partial charge is 0.368 e. The van der Waals surface area contributed by atoms with Gasteiger partial charge in [-0.25, -0.2) is 0 Å². The summed E-state index contributed by atoms with van der Waals surface area (Å²) in [5.74, 6) is 0.330. The lowest BCUT2D eigenvalue weighted by molar-refractivity contribution is 0.439. The number of benzene rings is 1. The third-order valence-corrected chi connectivity index (χ3v) is 3.26. The maximum Gasteiger partial charge on any atom is 0.222 e. The maximum atomic E-state index is 5.50. The van der Waals surface area contributed by atoms with E-state index in [9.17, 15) is 0 Å². The molecule has 2 rings (SSSR count). The number of aromatic nitrogens is 1. The normalized spacial score (nSPS) is 10.6. The summed E-state index contributed by atoms with van der Waals surface area (Å²) in [7, 11) is 0. The number of nitrogens with zero attached hydrogens (tertiary/aromatic N) is 1. The zero-order chi connectivity index (χ0) is 11.0. The summed E-state index contributed by atoms with van der Waals surface area (Å²) in [5, 5.41) is 3.90. The highest BCUT2D eigenvalue weighted by molar-refractivity contribution is 9.10. The molecule has 78 valence electrons. The monoisotopic (exact) mass is 266 g/mol. The van der Waals surface area contributed by atoms with Gasteiger partial charge in [-0.1, -0.05) is 16.8 Å². The van der Waals surface area contributed by atoms with Crippen LogP contribution >= 0.6 is 15.9 Å². The summed E-state index contributed by atoms with van der Waals surface area (Å²) in [5.41, 5.74) is 9.62. The molecule has 2 N–H and O–H groups in total. The molecule has 0 radical (unpaired) electrons. The fourth-order valence-corrected chi connectivity index (χ4v) is 1.98. The molecule has 1 heterocycles. The Hall–Kier alpha value is -1.29. The molecule has 0 bridgehead atoms. The Morgan fingerprint density at radius 3 is 2.60 bits per heavy atom. The number of aryl methyl sites for hydroxylation is 2. The molecule has 0 unspecified atom stereocenters. The van der Waals surface area contributed by atoms with E-state index in [0.717, 1.165) is 15.7 Å². The van der Waals surface area contributed by atoms with Crippen LogP contribution in [-0.2, 0) is 0 Å². The van der Waals surface area contributed by atoms with Crippen molar-refractivity contribution in [2.24, 2.45) is 0 Å². The van der Waals surface area contributed by atoms with E-state index in [-0.39, 0.29) is 0 Å². The van der Waals surface area contributed by atoms with E-state index >= 15 is 0 Å². The van der Waals surface area contributed by atoms with Gasteiger partial charge in [0.15, 0.2) is 0 Å². The van der Waals surface area contributed by atoms with E-state index in [4.69, 9.17) is 10.3 Å².